The van der Waals surface area contributed by atoms with Gasteiger partial charge in [-0.2, -0.15) is 0 Å². The van der Waals surface area contributed by atoms with E-state index in [4.69, 9.17) is 11.6 Å². The topological polar surface area (TPSA) is 23.5 Å². The fourth-order valence-electron chi connectivity index (χ4n) is 2.09. The maximum absolute atomic E-state index is 9.32. The lowest BCUT2D eigenvalue weighted by molar-refractivity contribution is 0.349. The van der Waals surface area contributed by atoms with Gasteiger partial charge in [-0.05, 0) is 57.6 Å². The van der Waals surface area contributed by atoms with Crippen molar-refractivity contribution in [2.45, 2.75) is 29.4 Å². The van der Waals surface area contributed by atoms with Crippen LogP contribution >= 0.6 is 23.4 Å². The minimum atomic E-state index is 0.236. The fraction of sp³-hybridized carbons (Fsp3) is 0.538. The van der Waals surface area contributed by atoms with Crippen molar-refractivity contribution in [1.82, 2.24) is 4.90 Å². The first-order chi connectivity index (χ1) is 8.15. The second-order valence-corrected chi connectivity index (χ2v) is 6.34. The molecule has 1 heterocycles. The van der Waals surface area contributed by atoms with E-state index in [-0.39, 0.29) is 5.75 Å². The maximum Gasteiger partial charge on any atom is 0.117 e. The van der Waals surface area contributed by atoms with Crippen LogP contribution in [-0.2, 0) is 0 Å². The normalized spacial score (nSPS) is 22.4. The van der Waals surface area contributed by atoms with Crippen molar-refractivity contribution in [1.29, 1.82) is 0 Å². The zero-order chi connectivity index (χ0) is 12.3. The molecule has 17 heavy (non-hydrogen) atoms. The van der Waals surface area contributed by atoms with Gasteiger partial charge in [0.1, 0.15) is 5.75 Å². The molecule has 0 spiro atoms. The van der Waals surface area contributed by atoms with Crippen LogP contribution in [0.1, 0.15) is 19.3 Å². The average molecular weight is 272 g/mol. The minimum absolute atomic E-state index is 0.236. The third kappa shape index (κ3) is 3.80. The Morgan fingerprint density at radius 1 is 1.35 bits per heavy atom. The fourth-order valence-corrected chi connectivity index (χ4v) is 3.59. The predicted molar refractivity (Wildman–Crippen MR) is 74.1 cm³/mol. The molecule has 0 amide bonds. The summed E-state index contributed by atoms with van der Waals surface area (Å²) in [5.74, 6) is 0.236. The highest BCUT2D eigenvalue weighted by Crippen LogP contribution is 2.36. The molecular formula is C13H18ClNOS. The van der Waals surface area contributed by atoms with E-state index in [0.29, 0.717) is 10.3 Å². The summed E-state index contributed by atoms with van der Waals surface area (Å²) in [5, 5.41) is 10.6. The van der Waals surface area contributed by atoms with Gasteiger partial charge in [0.25, 0.3) is 0 Å². The van der Waals surface area contributed by atoms with Gasteiger partial charge in [-0.3, -0.25) is 0 Å². The summed E-state index contributed by atoms with van der Waals surface area (Å²) >= 11 is 7.97. The summed E-state index contributed by atoms with van der Waals surface area (Å²) in [6.07, 6.45) is 3.70. The van der Waals surface area contributed by atoms with Gasteiger partial charge in [0.15, 0.2) is 0 Å². The largest absolute Gasteiger partial charge is 0.508 e. The number of phenols is 1. The SMILES string of the molecule is CN1CCCC(Sc2ccc(O)cc2Cl)CC1. The predicted octanol–water partition coefficient (Wildman–Crippen LogP) is 3.62. The van der Waals surface area contributed by atoms with E-state index in [1.165, 1.54) is 25.8 Å². The summed E-state index contributed by atoms with van der Waals surface area (Å²) in [7, 11) is 2.18. The third-order valence-corrected chi connectivity index (χ3v) is 4.95. The summed E-state index contributed by atoms with van der Waals surface area (Å²) in [6, 6.07) is 5.24. The van der Waals surface area contributed by atoms with Crippen LogP contribution in [0.5, 0.6) is 5.75 Å². The quantitative estimate of drug-likeness (QED) is 0.889. The van der Waals surface area contributed by atoms with E-state index < -0.39 is 0 Å². The zero-order valence-electron chi connectivity index (χ0n) is 10.0. The van der Waals surface area contributed by atoms with E-state index in [1.807, 2.05) is 17.8 Å². The van der Waals surface area contributed by atoms with Gasteiger partial charge in [0.05, 0.1) is 5.02 Å². The lowest BCUT2D eigenvalue weighted by Gasteiger charge is -2.15. The molecule has 0 bridgehead atoms. The first-order valence-electron chi connectivity index (χ1n) is 5.99. The van der Waals surface area contributed by atoms with Crippen molar-refractivity contribution in [2.24, 2.45) is 0 Å². The summed E-state index contributed by atoms with van der Waals surface area (Å²) in [4.78, 5) is 3.47. The molecule has 2 nitrogen and oxygen atoms in total. The Labute approximate surface area is 112 Å². The number of nitrogens with zero attached hydrogens (tertiary/aromatic N) is 1. The van der Waals surface area contributed by atoms with Gasteiger partial charge in [0, 0.05) is 10.1 Å². The van der Waals surface area contributed by atoms with Gasteiger partial charge < -0.3 is 10.0 Å². The molecule has 4 heteroatoms. The number of benzene rings is 1. The molecule has 0 saturated carbocycles. The van der Waals surface area contributed by atoms with Crippen LogP contribution in [0.3, 0.4) is 0 Å². The van der Waals surface area contributed by atoms with Crippen LogP contribution in [0.4, 0.5) is 0 Å². The van der Waals surface area contributed by atoms with E-state index in [1.54, 1.807) is 12.1 Å². The molecule has 94 valence electrons. The van der Waals surface area contributed by atoms with Crippen molar-refractivity contribution < 1.29 is 5.11 Å². The summed E-state index contributed by atoms with van der Waals surface area (Å²) in [6.45, 7) is 2.35. The molecule has 1 atom stereocenters. The lowest BCUT2D eigenvalue weighted by Crippen LogP contribution is -2.19. The average Bonchev–Trinajstić information content (AvgIpc) is 2.48. The summed E-state index contributed by atoms with van der Waals surface area (Å²) < 4.78 is 0. The molecule has 0 radical (unpaired) electrons. The molecule has 1 aliphatic rings. The highest BCUT2D eigenvalue weighted by atomic mass is 35.5. The van der Waals surface area contributed by atoms with E-state index >= 15 is 0 Å². The van der Waals surface area contributed by atoms with Crippen LogP contribution in [-0.4, -0.2) is 35.4 Å². The third-order valence-electron chi connectivity index (χ3n) is 3.11. The number of likely N-dealkylation sites (tertiary alicyclic amines) is 1. The molecule has 1 saturated heterocycles. The van der Waals surface area contributed by atoms with Crippen LogP contribution in [0.15, 0.2) is 23.1 Å². The smallest absolute Gasteiger partial charge is 0.117 e. The zero-order valence-corrected chi connectivity index (χ0v) is 11.6. The Hall–Kier alpha value is -0.380. The Bertz CT molecular complexity index is 386. The van der Waals surface area contributed by atoms with E-state index in [0.717, 1.165) is 11.4 Å². The van der Waals surface area contributed by atoms with Crippen LogP contribution in [0, 0.1) is 0 Å². The number of rotatable bonds is 2. The molecule has 0 aliphatic carbocycles. The van der Waals surface area contributed by atoms with E-state index in [2.05, 4.69) is 11.9 Å². The monoisotopic (exact) mass is 271 g/mol. The molecule has 1 unspecified atom stereocenters. The highest BCUT2D eigenvalue weighted by Gasteiger charge is 2.17. The first-order valence-corrected chi connectivity index (χ1v) is 7.24. The second kappa shape index (κ2) is 5.98. The van der Waals surface area contributed by atoms with Gasteiger partial charge in [-0.15, -0.1) is 11.8 Å². The van der Waals surface area contributed by atoms with Gasteiger partial charge in [0.2, 0.25) is 0 Å². The van der Waals surface area contributed by atoms with Crippen molar-refractivity contribution in [3.05, 3.63) is 23.2 Å². The van der Waals surface area contributed by atoms with Crippen molar-refractivity contribution in [3.63, 3.8) is 0 Å². The van der Waals surface area contributed by atoms with Gasteiger partial charge >= 0.3 is 0 Å². The Kier molecular flexibility index (Phi) is 4.60. The second-order valence-electron chi connectivity index (χ2n) is 4.59. The molecule has 0 aromatic heterocycles. The molecular weight excluding hydrogens is 254 g/mol. The number of halogens is 1. The van der Waals surface area contributed by atoms with Crippen molar-refractivity contribution in [3.8, 4) is 5.75 Å². The Morgan fingerprint density at radius 2 is 2.18 bits per heavy atom. The molecule has 1 fully saturated rings. The minimum Gasteiger partial charge on any atom is -0.508 e. The maximum atomic E-state index is 9.32. The van der Waals surface area contributed by atoms with Gasteiger partial charge in [-0.1, -0.05) is 11.6 Å². The van der Waals surface area contributed by atoms with Gasteiger partial charge in [-0.25, -0.2) is 0 Å². The van der Waals surface area contributed by atoms with Crippen LogP contribution in [0.2, 0.25) is 5.02 Å². The van der Waals surface area contributed by atoms with Crippen molar-refractivity contribution >= 4 is 23.4 Å². The molecule has 2 rings (SSSR count). The Morgan fingerprint density at radius 3 is 2.94 bits per heavy atom. The highest BCUT2D eigenvalue weighted by molar-refractivity contribution is 8.00. The molecule has 1 N–H and O–H groups in total. The molecule has 1 aliphatic heterocycles. The standard InChI is InChI=1S/C13H18ClNOS/c1-15-7-2-3-11(6-8-15)17-13-5-4-10(16)9-12(13)14/h4-5,9,11,16H,2-3,6-8H2,1H3. The molecule has 1 aromatic rings. The first kappa shape index (κ1) is 13.1. The van der Waals surface area contributed by atoms with Crippen molar-refractivity contribution in [2.75, 3.05) is 20.1 Å². The number of hydrogen-bond acceptors (Lipinski definition) is 3. The summed E-state index contributed by atoms with van der Waals surface area (Å²) in [5.41, 5.74) is 0. The molecule has 1 aromatic carbocycles. The number of thioether (sulfide) groups is 1. The van der Waals surface area contributed by atoms with Crippen LogP contribution < -0.4 is 0 Å². The number of aromatic hydroxyl groups is 1. The van der Waals surface area contributed by atoms with Crippen LogP contribution in [0.25, 0.3) is 0 Å². The number of phenolic OH excluding ortho intramolecular Hbond substituents is 1. The lowest BCUT2D eigenvalue weighted by atomic mass is 10.2. The Balaban J connectivity index is 2.00. The van der Waals surface area contributed by atoms with E-state index in [9.17, 15) is 5.11 Å². The number of hydrogen-bond donors (Lipinski definition) is 1.